The lowest BCUT2D eigenvalue weighted by atomic mass is 10.0. The fraction of sp³-hybridized carbons (Fsp3) is 0.312. The van der Waals surface area contributed by atoms with Gasteiger partial charge in [0, 0.05) is 32.0 Å². The highest BCUT2D eigenvalue weighted by atomic mass is 32.2. The number of aliphatic imine (C=N–C) groups is 1. The van der Waals surface area contributed by atoms with Crippen LogP contribution in [0.1, 0.15) is 12.5 Å². The number of hydrogen-bond acceptors (Lipinski definition) is 6. The van der Waals surface area contributed by atoms with Crippen LogP contribution in [-0.2, 0) is 0 Å². The third kappa shape index (κ3) is 2.21. The Balaban J connectivity index is 1.97. The van der Waals surface area contributed by atoms with E-state index in [1.54, 1.807) is 34.9 Å². The molecule has 2 aromatic rings. The molecule has 1 atom stereocenters. The topological polar surface area (TPSA) is 35.8 Å². The van der Waals surface area contributed by atoms with Crippen LogP contribution >= 0.6 is 34.9 Å². The summed E-state index contributed by atoms with van der Waals surface area (Å²) in [7, 11) is 0. The maximum absolute atomic E-state index is 10.2. The van der Waals surface area contributed by atoms with E-state index in [4.69, 9.17) is 0 Å². The minimum atomic E-state index is -0.472. The molecule has 114 valence electrons. The number of thioether (sulfide) groups is 2. The Bertz CT molecular complexity index is 807. The van der Waals surface area contributed by atoms with Crippen molar-refractivity contribution in [3.05, 3.63) is 34.0 Å². The van der Waals surface area contributed by atoms with Crippen LogP contribution in [0.3, 0.4) is 0 Å². The van der Waals surface area contributed by atoms with Gasteiger partial charge in [-0.15, -0.1) is 23.1 Å². The molecule has 0 amide bonds. The smallest absolute Gasteiger partial charge is 0.168 e. The molecular formula is C16H16N2OS3. The van der Waals surface area contributed by atoms with Gasteiger partial charge in [-0.05, 0) is 36.8 Å². The molecule has 3 heterocycles. The fourth-order valence-electron chi connectivity index (χ4n) is 2.92. The van der Waals surface area contributed by atoms with Gasteiger partial charge in [0.1, 0.15) is 0 Å². The molecule has 0 bridgehead atoms. The van der Waals surface area contributed by atoms with Crippen molar-refractivity contribution in [3.63, 3.8) is 0 Å². The second-order valence-corrected chi connectivity index (χ2v) is 8.15. The zero-order valence-corrected chi connectivity index (χ0v) is 14.8. The van der Waals surface area contributed by atoms with Gasteiger partial charge in [0.25, 0.3) is 0 Å². The van der Waals surface area contributed by atoms with Crippen molar-refractivity contribution in [2.45, 2.75) is 17.9 Å². The van der Waals surface area contributed by atoms with Gasteiger partial charge in [0.15, 0.2) is 5.17 Å². The third-order valence-corrected chi connectivity index (χ3v) is 6.78. The average Bonchev–Trinajstić information content (AvgIpc) is 3.20. The predicted octanol–water partition coefficient (Wildman–Crippen LogP) is 4.09. The zero-order chi connectivity index (χ0) is 15.3. The van der Waals surface area contributed by atoms with Crippen molar-refractivity contribution >= 4 is 55.8 Å². The summed E-state index contributed by atoms with van der Waals surface area (Å²) in [5.41, 5.74) is 2.37. The van der Waals surface area contributed by atoms with E-state index in [-0.39, 0.29) is 0 Å². The molecule has 22 heavy (non-hydrogen) atoms. The molecule has 3 nitrogen and oxygen atoms in total. The number of benzene rings is 1. The van der Waals surface area contributed by atoms with Gasteiger partial charge < -0.3 is 10.0 Å². The SMILES string of the molecule is CSc1cc(C2=C(C(C)O)SC3=NCCN32)c2ccsc2c1. The number of thiophene rings is 1. The van der Waals surface area contributed by atoms with Gasteiger partial charge in [0.2, 0.25) is 0 Å². The first-order chi connectivity index (χ1) is 10.7. The Morgan fingerprint density at radius 3 is 3.05 bits per heavy atom. The zero-order valence-electron chi connectivity index (χ0n) is 12.4. The molecule has 4 rings (SSSR count). The predicted molar refractivity (Wildman–Crippen MR) is 98.8 cm³/mol. The molecule has 1 aromatic carbocycles. The fourth-order valence-corrected chi connectivity index (χ4v) is 5.45. The van der Waals surface area contributed by atoms with E-state index in [2.05, 4.69) is 39.7 Å². The van der Waals surface area contributed by atoms with Crippen molar-refractivity contribution < 1.29 is 5.11 Å². The summed E-state index contributed by atoms with van der Waals surface area (Å²) in [5, 5.41) is 14.7. The highest BCUT2D eigenvalue weighted by Gasteiger charge is 2.35. The van der Waals surface area contributed by atoms with Crippen LogP contribution in [0.4, 0.5) is 0 Å². The molecule has 0 saturated heterocycles. The quantitative estimate of drug-likeness (QED) is 0.848. The minimum absolute atomic E-state index is 0.472. The molecular weight excluding hydrogens is 332 g/mol. The molecule has 0 aliphatic carbocycles. The summed E-state index contributed by atoms with van der Waals surface area (Å²) < 4.78 is 1.30. The van der Waals surface area contributed by atoms with Gasteiger partial charge >= 0.3 is 0 Å². The second kappa shape index (κ2) is 5.60. The number of aliphatic hydroxyl groups is 1. The van der Waals surface area contributed by atoms with Crippen LogP contribution in [0.25, 0.3) is 15.8 Å². The van der Waals surface area contributed by atoms with Crippen molar-refractivity contribution in [2.75, 3.05) is 19.3 Å². The lowest BCUT2D eigenvalue weighted by Crippen LogP contribution is -2.20. The number of rotatable bonds is 3. The molecule has 6 heteroatoms. The normalized spacial score (nSPS) is 19.0. The van der Waals surface area contributed by atoms with Crippen molar-refractivity contribution in [3.8, 4) is 0 Å². The Morgan fingerprint density at radius 2 is 2.27 bits per heavy atom. The van der Waals surface area contributed by atoms with E-state index < -0.39 is 6.10 Å². The highest BCUT2D eigenvalue weighted by Crippen LogP contribution is 2.46. The summed E-state index contributed by atoms with van der Waals surface area (Å²) >= 11 is 5.15. The van der Waals surface area contributed by atoms with Gasteiger partial charge in [0.05, 0.1) is 18.3 Å². The maximum atomic E-state index is 10.2. The van der Waals surface area contributed by atoms with E-state index >= 15 is 0 Å². The lowest BCUT2D eigenvalue weighted by Gasteiger charge is -2.19. The van der Waals surface area contributed by atoms with Crippen LogP contribution < -0.4 is 0 Å². The summed E-state index contributed by atoms with van der Waals surface area (Å²) in [6.07, 6.45) is 1.63. The van der Waals surface area contributed by atoms with E-state index in [1.165, 1.54) is 20.5 Å². The van der Waals surface area contributed by atoms with Gasteiger partial charge in [-0.25, -0.2) is 0 Å². The third-order valence-electron chi connectivity index (χ3n) is 3.92. The minimum Gasteiger partial charge on any atom is -0.388 e. The Morgan fingerprint density at radius 1 is 1.41 bits per heavy atom. The number of fused-ring (bicyclic) bond motifs is 2. The molecule has 0 saturated carbocycles. The Hall–Kier alpha value is -0.950. The van der Waals surface area contributed by atoms with Crippen molar-refractivity contribution in [2.24, 2.45) is 4.99 Å². The Labute approximate surface area is 142 Å². The van der Waals surface area contributed by atoms with Crippen molar-refractivity contribution in [1.82, 2.24) is 4.90 Å². The van der Waals surface area contributed by atoms with Crippen LogP contribution in [0.5, 0.6) is 0 Å². The maximum Gasteiger partial charge on any atom is 0.168 e. The van der Waals surface area contributed by atoms with Gasteiger partial charge in [-0.1, -0.05) is 11.8 Å². The summed E-state index contributed by atoms with van der Waals surface area (Å²) in [5.74, 6) is 0. The van der Waals surface area contributed by atoms with E-state index in [1.807, 2.05) is 6.92 Å². The first kappa shape index (κ1) is 14.6. The second-order valence-electron chi connectivity index (χ2n) is 5.31. The molecule has 1 N–H and O–H groups in total. The van der Waals surface area contributed by atoms with Crippen LogP contribution in [0, 0.1) is 0 Å². The van der Waals surface area contributed by atoms with Crippen LogP contribution in [0.2, 0.25) is 0 Å². The number of nitrogens with zero attached hydrogens (tertiary/aromatic N) is 2. The standard InChI is InChI=1S/C16H16N2OS3/c1-9(19)15-14(18-5-4-17-16(18)22-15)12-7-10(20-2)8-13-11(12)3-6-21-13/h3,6-9,19H,4-5H2,1-2H3. The van der Waals surface area contributed by atoms with E-state index in [0.717, 1.165) is 28.9 Å². The van der Waals surface area contributed by atoms with E-state index in [9.17, 15) is 5.11 Å². The van der Waals surface area contributed by atoms with Gasteiger partial charge in [-0.2, -0.15) is 0 Å². The molecule has 2 aliphatic heterocycles. The molecule has 1 unspecified atom stereocenters. The molecule has 0 radical (unpaired) electrons. The first-order valence-corrected chi connectivity index (χ1v) is 10.1. The van der Waals surface area contributed by atoms with E-state index in [0.29, 0.717) is 0 Å². The number of aliphatic hydroxyl groups excluding tert-OH is 1. The molecule has 2 aliphatic rings. The number of hydrogen-bond donors (Lipinski definition) is 1. The van der Waals surface area contributed by atoms with Crippen LogP contribution in [0.15, 0.2) is 38.4 Å². The summed E-state index contributed by atoms with van der Waals surface area (Å²) in [4.78, 5) is 9.11. The van der Waals surface area contributed by atoms with Gasteiger partial charge in [-0.3, -0.25) is 4.99 Å². The van der Waals surface area contributed by atoms with Crippen LogP contribution in [-0.4, -0.2) is 40.6 Å². The summed E-state index contributed by atoms with van der Waals surface area (Å²) in [6, 6.07) is 6.68. The monoisotopic (exact) mass is 348 g/mol. The molecule has 1 aromatic heterocycles. The highest BCUT2D eigenvalue weighted by molar-refractivity contribution is 8.17. The lowest BCUT2D eigenvalue weighted by molar-refractivity contribution is 0.240. The Kier molecular flexibility index (Phi) is 3.72. The first-order valence-electron chi connectivity index (χ1n) is 7.16. The number of amidine groups is 1. The molecule has 0 spiro atoms. The van der Waals surface area contributed by atoms with Crippen molar-refractivity contribution in [1.29, 1.82) is 0 Å². The largest absolute Gasteiger partial charge is 0.388 e. The average molecular weight is 349 g/mol. The molecule has 0 fully saturated rings. The summed E-state index contributed by atoms with van der Waals surface area (Å²) in [6.45, 7) is 3.59.